The number of carbonyl (C=O) groups is 1. The van der Waals surface area contributed by atoms with Crippen molar-refractivity contribution in [3.63, 3.8) is 0 Å². The zero-order chi connectivity index (χ0) is 13.5. The number of hydrogen-bond donors (Lipinski definition) is 0. The molecule has 0 saturated heterocycles. The summed E-state index contributed by atoms with van der Waals surface area (Å²) in [5, 5.41) is 0. The van der Waals surface area contributed by atoms with Crippen molar-refractivity contribution in [2.75, 3.05) is 21.3 Å². The molecule has 0 atom stereocenters. The van der Waals surface area contributed by atoms with Gasteiger partial charge in [0, 0.05) is 12.5 Å². The van der Waals surface area contributed by atoms with Crippen LogP contribution in [0.2, 0.25) is 0 Å². The molecule has 0 amide bonds. The minimum Gasteiger partial charge on any atom is -0.496 e. The highest BCUT2D eigenvalue weighted by molar-refractivity contribution is 5.99. The van der Waals surface area contributed by atoms with E-state index in [-0.39, 0.29) is 5.78 Å². The summed E-state index contributed by atoms with van der Waals surface area (Å²) in [5.41, 5.74) is 0.497. The van der Waals surface area contributed by atoms with Gasteiger partial charge in [0.25, 0.3) is 0 Å². The molecule has 18 heavy (non-hydrogen) atoms. The molecule has 0 aliphatic heterocycles. The van der Waals surface area contributed by atoms with Gasteiger partial charge in [-0.3, -0.25) is 4.79 Å². The normalized spacial score (nSPS) is 9.72. The van der Waals surface area contributed by atoms with E-state index in [1.807, 2.05) is 0 Å². The Balaban J connectivity index is 3.16. The number of carbonyl (C=O) groups excluding carboxylic acids is 1. The summed E-state index contributed by atoms with van der Waals surface area (Å²) < 4.78 is 15.5. The Kier molecular flexibility index (Phi) is 5.24. The molecule has 0 saturated carbocycles. The summed E-state index contributed by atoms with van der Waals surface area (Å²) in [6.45, 7) is 3.60. The van der Waals surface area contributed by atoms with Crippen molar-refractivity contribution in [2.24, 2.45) is 0 Å². The molecule has 1 rings (SSSR count). The summed E-state index contributed by atoms with van der Waals surface area (Å²) in [6.07, 6.45) is 2.75. The summed E-state index contributed by atoms with van der Waals surface area (Å²) >= 11 is 0. The van der Waals surface area contributed by atoms with Crippen molar-refractivity contribution in [1.29, 1.82) is 0 Å². The highest BCUT2D eigenvalue weighted by Gasteiger charge is 2.16. The van der Waals surface area contributed by atoms with E-state index < -0.39 is 0 Å². The van der Waals surface area contributed by atoms with Crippen LogP contribution in [0.4, 0.5) is 0 Å². The number of hydrogen-bond acceptors (Lipinski definition) is 4. The van der Waals surface area contributed by atoms with Crippen LogP contribution in [0.3, 0.4) is 0 Å². The molecule has 0 bridgehead atoms. The Bertz CT molecular complexity index is 438. The summed E-state index contributed by atoms with van der Waals surface area (Å²) in [4.78, 5) is 12.0. The zero-order valence-electron chi connectivity index (χ0n) is 11.0. The SMILES string of the molecule is C=CCCC(=O)c1cc(OC)c(OC)cc1OC. The molecule has 0 aromatic heterocycles. The fourth-order valence-electron chi connectivity index (χ4n) is 1.61. The molecule has 4 heteroatoms. The lowest BCUT2D eigenvalue weighted by atomic mass is 10.0. The molecule has 0 fully saturated rings. The summed E-state index contributed by atoms with van der Waals surface area (Å²) in [5.74, 6) is 1.53. The van der Waals surface area contributed by atoms with Crippen molar-refractivity contribution < 1.29 is 19.0 Å². The van der Waals surface area contributed by atoms with Crippen LogP contribution in [0.5, 0.6) is 17.2 Å². The fourth-order valence-corrected chi connectivity index (χ4v) is 1.61. The van der Waals surface area contributed by atoms with Gasteiger partial charge in [-0.15, -0.1) is 6.58 Å². The predicted molar refractivity (Wildman–Crippen MR) is 69.9 cm³/mol. The third kappa shape index (κ3) is 3.03. The van der Waals surface area contributed by atoms with Crippen molar-refractivity contribution in [3.8, 4) is 17.2 Å². The van der Waals surface area contributed by atoms with Gasteiger partial charge in [-0.2, -0.15) is 0 Å². The van der Waals surface area contributed by atoms with Gasteiger partial charge in [-0.25, -0.2) is 0 Å². The van der Waals surface area contributed by atoms with Crippen LogP contribution >= 0.6 is 0 Å². The van der Waals surface area contributed by atoms with Crippen LogP contribution < -0.4 is 14.2 Å². The summed E-state index contributed by atoms with van der Waals surface area (Å²) in [7, 11) is 4.59. The number of benzene rings is 1. The molecular formula is C14H18O4. The highest BCUT2D eigenvalue weighted by atomic mass is 16.5. The molecule has 0 radical (unpaired) electrons. The first-order valence-corrected chi connectivity index (χ1v) is 5.62. The topological polar surface area (TPSA) is 44.8 Å². The van der Waals surface area contributed by atoms with Gasteiger partial charge in [-0.1, -0.05) is 6.08 Å². The van der Waals surface area contributed by atoms with E-state index in [1.165, 1.54) is 21.3 Å². The monoisotopic (exact) mass is 250 g/mol. The Morgan fingerprint density at radius 1 is 1.11 bits per heavy atom. The average Bonchev–Trinajstić information content (AvgIpc) is 2.42. The smallest absolute Gasteiger partial charge is 0.167 e. The van der Waals surface area contributed by atoms with Crippen LogP contribution in [0, 0.1) is 0 Å². The Labute approximate surface area is 107 Å². The van der Waals surface area contributed by atoms with Crippen LogP contribution in [-0.2, 0) is 0 Å². The largest absolute Gasteiger partial charge is 0.496 e. The standard InChI is InChI=1S/C14H18O4/c1-5-6-7-11(15)10-8-13(17-3)14(18-4)9-12(10)16-2/h5,8-9H,1,6-7H2,2-4H3. The van der Waals surface area contributed by atoms with E-state index in [1.54, 1.807) is 18.2 Å². The van der Waals surface area contributed by atoms with Crippen molar-refractivity contribution in [3.05, 3.63) is 30.4 Å². The predicted octanol–water partition coefficient (Wildman–Crippen LogP) is 2.86. The van der Waals surface area contributed by atoms with E-state index in [0.29, 0.717) is 35.7 Å². The van der Waals surface area contributed by atoms with Gasteiger partial charge in [0.1, 0.15) is 5.75 Å². The van der Waals surface area contributed by atoms with Crippen LogP contribution in [0.15, 0.2) is 24.8 Å². The highest BCUT2D eigenvalue weighted by Crippen LogP contribution is 2.35. The Morgan fingerprint density at radius 2 is 1.67 bits per heavy atom. The second-order valence-electron chi connectivity index (χ2n) is 3.66. The van der Waals surface area contributed by atoms with Crippen LogP contribution in [-0.4, -0.2) is 27.1 Å². The number of allylic oxidation sites excluding steroid dienone is 1. The van der Waals surface area contributed by atoms with Gasteiger partial charge in [0.2, 0.25) is 0 Å². The van der Waals surface area contributed by atoms with Crippen molar-refractivity contribution in [2.45, 2.75) is 12.8 Å². The van der Waals surface area contributed by atoms with Gasteiger partial charge >= 0.3 is 0 Å². The fraction of sp³-hybridized carbons (Fsp3) is 0.357. The molecule has 0 heterocycles. The maximum Gasteiger partial charge on any atom is 0.167 e. The van der Waals surface area contributed by atoms with Crippen LogP contribution in [0.1, 0.15) is 23.2 Å². The van der Waals surface area contributed by atoms with E-state index in [9.17, 15) is 4.79 Å². The quantitative estimate of drug-likeness (QED) is 0.551. The van der Waals surface area contributed by atoms with E-state index in [2.05, 4.69) is 6.58 Å². The maximum atomic E-state index is 12.0. The van der Waals surface area contributed by atoms with Crippen LogP contribution in [0.25, 0.3) is 0 Å². The second-order valence-corrected chi connectivity index (χ2v) is 3.66. The van der Waals surface area contributed by atoms with E-state index in [4.69, 9.17) is 14.2 Å². The van der Waals surface area contributed by atoms with Gasteiger partial charge in [0.15, 0.2) is 17.3 Å². The molecule has 0 N–H and O–H groups in total. The molecule has 0 aliphatic carbocycles. The molecule has 0 aliphatic rings. The summed E-state index contributed by atoms with van der Waals surface area (Å²) in [6, 6.07) is 3.29. The maximum absolute atomic E-state index is 12.0. The van der Waals surface area contributed by atoms with Crippen molar-refractivity contribution in [1.82, 2.24) is 0 Å². The molecule has 98 valence electrons. The van der Waals surface area contributed by atoms with E-state index >= 15 is 0 Å². The number of rotatable bonds is 7. The molecule has 4 nitrogen and oxygen atoms in total. The van der Waals surface area contributed by atoms with Gasteiger partial charge in [0.05, 0.1) is 26.9 Å². The molecule has 1 aromatic carbocycles. The zero-order valence-corrected chi connectivity index (χ0v) is 11.0. The number of Topliss-reactive ketones (excluding diaryl/α,β-unsaturated/α-hetero) is 1. The minimum absolute atomic E-state index is 0.00676. The lowest BCUT2D eigenvalue weighted by Gasteiger charge is -2.13. The number of ketones is 1. The molecule has 1 aromatic rings. The molecular weight excluding hydrogens is 232 g/mol. The Morgan fingerprint density at radius 3 is 2.17 bits per heavy atom. The van der Waals surface area contributed by atoms with E-state index in [0.717, 1.165) is 0 Å². The first-order valence-electron chi connectivity index (χ1n) is 5.62. The molecule has 0 spiro atoms. The average molecular weight is 250 g/mol. The van der Waals surface area contributed by atoms with Gasteiger partial charge in [-0.05, 0) is 12.5 Å². The lowest BCUT2D eigenvalue weighted by Crippen LogP contribution is -2.03. The third-order valence-corrected chi connectivity index (χ3v) is 2.58. The first kappa shape index (κ1) is 14.1. The number of ether oxygens (including phenoxy) is 3. The van der Waals surface area contributed by atoms with Gasteiger partial charge < -0.3 is 14.2 Å². The Hall–Kier alpha value is -1.97. The molecule has 0 unspecified atom stereocenters. The third-order valence-electron chi connectivity index (χ3n) is 2.58. The van der Waals surface area contributed by atoms with Crippen molar-refractivity contribution >= 4 is 5.78 Å². The first-order chi connectivity index (χ1) is 8.67. The minimum atomic E-state index is -0.00676. The second kappa shape index (κ2) is 6.69. The number of methoxy groups -OCH3 is 3. The lowest BCUT2D eigenvalue weighted by molar-refractivity contribution is 0.0980.